The second-order valence-corrected chi connectivity index (χ2v) is 4.60. The highest BCUT2D eigenvalue weighted by atomic mass is 16.4. The SMILES string of the molecule is CC(C)N(C)C1CCC(C(=O)O)CC1. The maximum atomic E-state index is 10.8. The minimum absolute atomic E-state index is 0.0909. The average molecular weight is 199 g/mol. The smallest absolute Gasteiger partial charge is 0.306 e. The molecule has 0 amide bonds. The highest BCUT2D eigenvalue weighted by Gasteiger charge is 2.28. The first-order valence-electron chi connectivity index (χ1n) is 5.47. The zero-order chi connectivity index (χ0) is 10.7. The molecule has 1 aliphatic carbocycles. The lowest BCUT2D eigenvalue weighted by Gasteiger charge is -2.35. The fourth-order valence-corrected chi connectivity index (χ4v) is 2.15. The van der Waals surface area contributed by atoms with E-state index < -0.39 is 5.97 Å². The van der Waals surface area contributed by atoms with Crippen molar-refractivity contribution in [2.24, 2.45) is 5.92 Å². The number of carboxylic acid groups (broad SMARTS) is 1. The number of aliphatic carboxylic acids is 1. The Morgan fingerprint density at radius 1 is 1.29 bits per heavy atom. The lowest BCUT2D eigenvalue weighted by molar-refractivity contribution is -0.143. The Morgan fingerprint density at radius 2 is 1.79 bits per heavy atom. The van der Waals surface area contributed by atoms with E-state index in [-0.39, 0.29) is 5.92 Å². The van der Waals surface area contributed by atoms with Gasteiger partial charge in [0.05, 0.1) is 5.92 Å². The molecule has 0 spiro atoms. The maximum absolute atomic E-state index is 10.8. The molecule has 3 nitrogen and oxygen atoms in total. The summed E-state index contributed by atoms with van der Waals surface area (Å²) in [5.74, 6) is -0.706. The largest absolute Gasteiger partial charge is 0.481 e. The molecular weight excluding hydrogens is 178 g/mol. The van der Waals surface area contributed by atoms with Crippen LogP contribution < -0.4 is 0 Å². The third kappa shape index (κ3) is 2.71. The Bertz CT molecular complexity index is 195. The van der Waals surface area contributed by atoms with Crippen molar-refractivity contribution in [3.05, 3.63) is 0 Å². The van der Waals surface area contributed by atoms with Crippen LogP contribution in [0.2, 0.25) is 0 Å². The summed E-state index contributed by atoms with van der Waals surface area (Å²) in [4.78, 5) is 13.1. The molecule has 0 aromatic carbocycles. The predicted octanol–water partition coefficient (Wildman–Crippen LogP) is 1.97. The Balaban J connectivity index is 2.39. The quantitative estimate of drug-likeness (QED) is 0.755. The summed E-state index contributed by atoms with van der Waals surface area (Å²) < 4.78 is 0. The highest BCUT2D eigenvalue weighted by Crippen LogP contribution is 2.27. The zero-order valence-corrected chi connectivity index (χ0v) is 9.36. The second-order valence-electron chi connectivity index (χ2n) is 4.60. The summed E-state index contributed by atoms with van der Waals surface area (Å²) in [6.07, 6.45) is 3.76. The van der Waals surface area contributed by atoms with Crippen molar-refractivity contribution in [1.29, 1.82) is 0 Å². The molecule has 0 aromatic rings. The van der Waals surface area contributed by atoms with Crippen molar-refractivity contribution >= 4 is 5.97 Å². The summed E-state index contributed by atoms with van der Waals surface area (Å²) >= 11 is 0. The molecule has 3 heteroatoms. The third-order valence-corrected chi connectivity index (χ3v) is 3.44. The molecule has 1 rings (SSSR count). The van der Waals surface area contributed by atoms with Crippen LogP contribution in [0.3, 0.4) is 0 Å². The van der Waals surface area contributed by atoms with Crippen LogP contribution in [0.25, 0.3) is 0 Å². The van der Waals surface area contributed by atoms with Gasteiger partial charge in [-0.05, 0) is 46.6 Å². The van der Waals surface area contributed by atoms with Gasteiger partial charge in [0.1, 0.15) is 0 Å². The van der Waals surface area contributed by atoms with Crippen LogP contribution in [0.15, 0.2) is 0 Å². The van der Waals surface area contributed by atoms with Crippen molar-refractivity contribution in [2.45, 2.75) is 51.6 Å². The number of carboxylic acids is 1. The summed E-state index contributed by atoms with van der Waals surface area (Å²) in [6, 6.07) is 1.15. The molecular formula is C11H21NO2. The van der Waals surface area contributed by atoms with E-state index in [0.717, 1.165) is 25.7 Å². The number of hydrogen-bond acceptors (Lipinski definition) is 2. The van der Waals surface area contributed by atoms with Gasteiger partial charge in [0.2, 0.25) is 0 Å². The fraction of sp³-hybridized carbons (Fsp3) is 0.909. The minimum atomic E-state index is -0.615. The Labute approximate surface area is 86.1 Å². The first-order chi connectivity index (χ1) is 6.52. The van der Waals surface area contributed by atoms with Gasteiger partial charge in [0, 0.05) is 12.1 Å². The summed E-state index contributed by atoms with van der Waals surface area (Å²) in [5, 5.41) is 8.86. The summed E-state index contributed by atoms with van der Waals surface area (Å²) in [7, 11) is 2.14. The van der Waals surface area contributed by atoms with Gasteiger partial charge in [-0.1, -0.05) is 0 Å². The number of hydrogen-bond donors (Lipinski definition) is 1. The molecule has 0 bridgehead atoms. The molecule has 0 radical (unpaired) electrons. The average Bonchev–Trinajstić information content (AvgIpc) is 2.16. The van der Waals surface area contributed by atoms with Crippen molar-refractivity contribution in [2.75, 3.05) is 7.05 Å². The first kappa shape index (κ1) is 11.5. The standard InChI is InChI=1S/C11H21NO2/c1-8(2)12(3)10-6-4-9(5-7-10)11(13)14/h8-10H,4-7H2,1-3H3,(H,13,14). The summed E-state index contributed by atoms with van der Waals surface area (Å²) in [5.41, 5.74) is 0. The van der Waals surface area contributed by atoms with Crippen LogP contribution >= 0.6 is 0 Å². The van der Waals surface area contributed by atoms with Crippen LogP contribution in [-0.4, -0.2) is 35.1 Å². The topological polar surface area (TPSA) is 40.5 Å². The first-order valence-corrected chi connectivity index (χ1v) is 5.47. The molecule has 82 valence electrons. The van der Waals surface area contributed by atoms with E-state index in [1.54, 1.807) is 0 Å². The van der Waals surface area contributed by atoms with Gasteiger partial charge in [-0.3, -0.25) is 4.79 Å². The van der Waals surface area contributed by atoms with Crippen molar-refractivity contribution in [3.8, 4) is 0 Å². The Kier molecular flexibility index (Phi) is 3.93. The minimum Gasteiger partial charge on any atom is -0.481 e. The van der Waals surface area contributed by atoms with Gasteiger partial charge in [0.25, 0.3) is 0 Å². The third-order valence-electron chi connectivity index (χ3n) is 3.44. The van der Waals surface area contributed by atoms with Gasteiger partial charge in [-0.15, -0.1) is 0 Å². The molecule has 0 atom stereocenters. The fourth-order valence-electron chi connectivity index (χ4n) is 2.15. The Morgan fingerprint density at radius 3 is 2.14 bits per heavy atom. The van der Waals surface area contributed by atoms with Crippen molar-refractivity contribution in [3.63, 3.8) is 0 Å². The van der Waals surface area contributed by atoms with Gasteiger partial charge in [-0.25, -0.2) is 0 Å². The lowest BCUT2D eigenvalue weighted by Crippen LogP contribution is -2.40. The molecule has 0 saturated heterocycles. The van der Waals surface area contributed by atoms with Crippen LogP contribution in [0.5, 0.6) is 0 Å². The highest BCUT2D eigenvalue weighted by molar-refractivity contribution is 5.70. The summed E-state index contributed by atoms with van der Waals surface area (Å²) in [6.45, 7) is 4.37. The van der Waals surface area contributed by atoms with Crippen molar-refractivity contribution < 1.29 is 9.90 Å². The van der Waals surface area contributed by atoms with Crippen molar-refractivity contribution in [1.82, 2.24) is 4.90 Å². The van der Waals surface area contributed by atoms with Crippen LogP contribution in [-0.2, 0) is 4.79 Å². The Hall–Kier alpha value is -0.570. The lowest BCUT2D eigenvalue weighted by atomic mass is 9.85. The molecule has 0 aromatic heterocycles. The monoisotopic (exact) mass is 199 g/mol. The van der Waals surface area contributed by atoms with Crippen LogP contribution in [0, 0.1) is 5.92 Å². The van der Waals surface area contributed by atoms with E-state index in [9.17, 15) is 4.79 Å². The van der Waals surface area contributed by atoms with Gasteiger partial charge >= 0.3 is 5.97 Å². The molecule has 1 fully saturated rings. The molecule has 14 heavy (non-hydrogen) atoms. The van der Waals surface area contributed by atoms with E-state index in [2.05, 4.69) is 25.8 Å². The van der Waals surface area contributed by atoms with E-state index >= 15 is 0 Å². The number of rotatable bonds is 3. The maximum Gasteiger partial charge on any atom is 0.306 e. The van der Waals surface area contributed by atoms with E-state index in [0.29, 0.717) is 12.1 Å². The molecule has 1 N–H and O–H groups in total. The van der Waals surface area contributed by atoms with E-state index in [1.165, 1.54) is 0 Å². The van der Waals surface area contributed by atoms with Gasteiger partial charge < -0.3 is 10.0 Å². The molecule has 0 heterocycles. The molecule has 1 aliphatic rings. The van der Waals surface area contributed by atoms with Crippen LogP contribution in [0.1, 0.15) is 39.5 Å². The second kappa shape index (κ2) is 4.78. The van der Waals surface area contributed by atoms with E-state index in [1.807, 2.05) is 0 Å². The predicted molar refractivity (Wildman–Crippen MR) is 56.3 cm³/mol. The molecule has 0 unspecified atom stereocenters. The van der Waals surface area contributed by atoms with Gasteiger partial charge in [0.15, 0.2) is 0 Å². The van der Waals surface area contributed by atoms with E-state index in [4.69, 9.17) is 5.11 Å². The number of nitrogens with zero attached hydrogens (tertiary/aromatic N) is 1. The molecule has 0 aliphatic heterocycles. The van der Waals surface area contributed by atoms with Crippen LogP contribution in [0.4, 0.5) is 0 Å². The molecule has 1 saturated carbocycles. The normalized spacial score (nSPS) is 28.4. The number of carbonyl (C=O) groups is 1. The zero-order valence-electron chi connectivity index (χ0n) is 9.36. The van der Waals surface area contributed by atoms with Gasteiger partial charge in [-0.2, -0.15) is 0 Å².